The second-order valence-electron chi connectivity index (χ2n) is 5.67. The first-order valence-corrected chi connectivity index (χ1v) is 8.19. The molecule has 6 heteroatoms. The van der Waals surface area contributed by atoms with Gasteiger partial charge in [-0.05, 0) is 42.0 Å². The van der Waals surface area contributed by atoms with Crippen molar-refractivity contribution in [1.82, 2.24) is 20.2 Å². The Balaban J connectivity index is 1.48. The molecule has 0 saturated heterocycles. The molecule has 0 unspecified atom stereocenters. The molecule has 0 aliphatic rings. The van der Waals surface area contributed by atoms with Gasteiger partial charge in [-0.15, -0.1) is 0 Å². The summed E-state index contributed by atoms with van der Waals surface area (Å²) < 4.78 is 12.9. The number of thiocarbonyl (C=S) groups is 1. The van der Waals surface area contributed by atoms with Crippen molar-refractivity contribution in [2.75, 3.05) is 13.6 Å². The Kier molecular flexibility index (Phi) is 5.05. The SMILES string of the molecule is CN(Cc1ccc(F)cc1)C(=S)NCCc1nc2ccccc2[nH]1. The lowest BCUT2D eigenvalue weighted by molar-refractivity contribution is 0.488. The van der Waals surface area contributed by atoms with Gasteiger partial charge in [-0.2, -0.15) is 0 Å². The first-order valence-electron chi connectivity index (χ1n) is 7.79. The van der Waals surface area contributed by atoms with Gasteiger partial charge in [0.05, 0.1) is 11.0 Å². The van der Waals surface area contributed by atoms with Crippen molar-refractivity contribution in [3.05, 3.63) is 65.7 Å². The summed E-state index contributed by atoms with van der Waals surface area (Å²) in [4.78, 5) is 9.77. The van der Waals surface area contributed by atoms with E-state index >= 15 is 0 Å². The van der Waals surface area contributed by atoms with Gasteiger partial charge in [0.25, 0.3) is 0 Å². The van der Waals surface area contributed by atoms with E-state index in [0.717, 1.165) is 28.8 Å². The van der Waals surface area contributed by atoms with Crippen LogP contribution in [0.1, 0.15) is 11.4 Å². The monoisotopic (exact) mass is 342 g/mol. The number of hydrogen-bond acceptors (Lipinski definition) is 2. The number of nitrogens with one attached hydrogen (secondary N) is 2. The van der Waals surface area contributed by atoms with Gasteiger partial charge in [-0.25, -0.2) is 9.37 Å². The smallest absolute Gasteiger partial charge is 0.168 e. The number of rotatable bonds is 5. The van der Waals surface area contributed by atoms with Crippen LogP contribution in [0.5, 0.6) is 0 Å². The highest BCUT2D eigenvalue weighted by Crippen LogP contribution is 2.10. The maximum Gasteiger partial charge on any atom is 0.168 e. The van der Waals surface area contributed by atoms with E-state index in [4.69, 9.17) is 12.2 Å². The molecule has 0 aliphatic carbocycles. The summed E-state index contributed by atoms with van der Waals surface area (Å²) in [5, 5.41) is 3.89. The molecule has 4 nitrogen and oxygen atoms in total. The number of aromatic amines is 1. The van der Waals surface area contributed by atoms with E-state index in [1.165, 1.54) is 12.1 Å². The number of para-hydroxylation sites is 2. The highest BCUT2D eigenvalue weighted by atomic mass is 32.1. The maximum atomic E-state index is 12.9. The summed E-state index contributed by atoms with van der Waals surface area (Å²) in [7, 11) is 1.92. The number of benzene rings is 2. The van der Waals surface area contributed by atoms with Gasteiger partial charge in [-0.3, -0.25) is 0 Å². The Morgan fingerprint density at radius 3 is 2.71 bits per heavy atom. The third kappa shape index (κ3) is 4.08. The van der Waals surface area contributed by atoms with Crippen molar-refractivity contribution in [1.29, 1.82) is 0 Å². The summed E-state index contributed by atoms with van der Waals surface area (Å²) in [6.07, 6.45) is 0.763. The molecule has 0 radical (unpaired) electrons. The number of imidazole rings is 1. The number of hydrogen-bond donors (Lipinski definition) is 2. The third-order valence-corrected chi connectivity index (χ3v) is 4.21. The molecule has 0 atom stereocenters. The van der Waals surface area contributed by atoms with Crippen LogP contribution in [0.25, 0.3) is 11.0 Å². The van der Waals surface area contributed by atoms with E-state index in [2.05, 4.69) is 15.3 Å². The largest absolute Gasteiger partial charge is 0.362 e. The first-order chi connectivity index (χ1) is 11.6. The minimum atomic E-state index is -0.229. The zero-order valence-electron chi connectivity index (χ0n) is 13.4. The average molecular weight is 342 g/mol. The molecule has 124 valence electrons. The molecule has 3 aromatic rings. The van der Waals surface area contributed by atoms with Gasteiger partial charge in [-0.1, -0.05) is 24.3 Å². The van der Waals surface area contributed by atoms with Crippen molar-refractivity contribution < 1.29 is 4.39 Å². The van der Waals surface area contributed by atoms with E-state index in [-0.39, 0.29) is 5.82 Å². The molecule has 0 aliphatic heterocycles. The molecule has 3 rings (SSSR count). The lowest BCUT2D eigenvalue weighted by Crippen LogP contribution is -2.37. The highest BCUT2D eigenvalue weighted by molar-refractivity contribution is 7.80. The molecule has 0 fully saturated rings. The van der Waals surface area contributed by atoms with Crippen molar-refractivity contribution in [3.8, 4) is 0 Å². The number of H-pyrrole nitrogens is 1. The van der Waals surface area contributed by atoms with Crippen LogP contribution < -0.4 is 5.32 Å². The number of aromatic nitrogens is 2. The van der Waals surface area contributed by atoms with Crippen LogP contribution >= 0.6 is 12.2 Å². The standard InChI is InChI=1S/C18H19FN4S/c1-23(12-13-6-8-14(19)9-7-13)18(24)20-11-10-17-21-15-4-2-3-5-16(15)22-17/h2-9H,10-12H2,1H3,(H,20,24)(H,21,22). The molecular weight excluding hydrogens is 323 g/mol. The summed E-state index contributed by atoms with van der Waals surface area (Å²) in [5.41, 5.74) is 3.03. The lowest BCUT2D eigenvalue weighted by atomic mass is 10.2. The summed E-state index contributed by atoms with van der Waals surface area (Å²) in [6, 6.07) is 14.4. The molecule has 1 aromatic heterocycles. The summed E-state index contributed by atoms with van der Waals surface area (Å²) in [6.45, 7) is 1.34. The molecule has 1 heterocycles. The van der Waals surface area contributed by atoms with Gasteiger partial charge in [0.15, 0.2) is 5.11 Å². The second-order valence-corrected chi connectivity index (χ2v) is 6.05. The van der Waals surface area contributed by atoms with Gasteiger partial charge in [0.2, 0.25) is 0 Å². The highest BCUT2D eigenvalue weighted by Gasteiger charge is 2.06. The third-order valence-electron chi connectivity index (χ3n) is 3.76. The summed E-state index contributed by atoms with van der Waals surface area (Å²) >= 11 is 5.39. The van der Waals surface area contributed by atoms with E-state index < -0.39 is 0 Å². The predicted octanol–water partition coefficient (Wildman–Crippen LogP) is 3.25. The van der Waals surface area contributed by atoms with E-state index in [1.807, 2.05) is 36.2 Å². The fourth-order valence-corrected chi connectivity index (χ4v) is 2.65. The number of halogens is 1. The van der Waals surface area contributed by atoms with Crippen LogP contribution in [0.4, 0.5) is 4.39 Å². The van der Waals surface area contributed by atoms with Gasteiger partial charge in [0.1, 0.15) is 11.6 Å². The van der Waals surface area contributed by atoms with Gasteiger partial charge < -0.3 is 15.2 Å². The van der Waals surface area contributed by atoms with Crippen LogP contribution in [0.2, 0.25) is 0 Å². The van der Waals surface area contributed by atoms with Crippen molar-refractivity contribution in [3.63, 3.8) is 0 Å². The predicted molar refractivity (Wildman–Crippen MR) is 98.3 cm³/mol. The Morgan fingerprint density at radius 1 is 1.21 bits per heavy atom. The average Bonchev–Trinajstić information content (AvgIpc) is 2.99. The molecular formula is C18H19FN4S. The molecule has 2 N–H and O–H groups in total. The quantitative estimate of drug-likeness (QED) is 0.699. The Morgan fingerprint density at radius 2 is 1.96 bits per heavy atom. The van der Waals surface area contributed by atoms with Gasteiger partial charge >= 0.3 is 0 Å². The zero-order valence-corrected chi connectivity index (χ0v) is 14.2. The first kappa shape index (κ1) is 16.4. The normalized spacial score (nSPS) is 10.8. The Labute approximate surface area is 145 Å². The minimum Gasteiger partial charge on any atom is -0.362 e. The van der Waals surface area contributed by atoms with Crippen molar-refractivity contribution in [2.45, 2.75) is 13.0 Å². The van der Waals surface area contributed by atoms with Crippen molar-refractivity contribution in [2.24, 2.45) is 0 Å². The van der Waals surface area contributed by atoms with E-state index in [9.17, 15) is 4.39 Å². The van der Waals surface area contributed by atoms with Crippen LogP contribution in [-0.4, -0.2) is 33.6 Å². The van der Waals surface area contributed by atoms with E-state index in [0.29, 0.717) is 18.2 Å². The van der Waals surface area contributed by atoms with Gasteiger partial charge in [0, 0.05) is 26.6 Å². The Hall–Kier alpha value is -2.47. The lowest BCUT2D eigenvalue weighted by Gasteiger charge is -2.21. The van der Waals surface area contributed by atoms with E-state index in [1.54, 1.807) is 12.1 Å². The number of fused-ring (bicyclic) bond motifs is 1. The topological polar surface area (TPSA) is 44.0 Å². The fourth-order valence-electron chi connectivity index (χ4n) is 2.48. The van der Waals surface area contributed by atoms with Crippen LogP contribution in [-0.2, 0) is 13.0 Å². The summed E-state index contributed by atoms with van der Waals surface area (Å²) in [5.74, 6) is 0.709. The van der Waals surface area contributed by atoms with Crippen molar-refractivity contribution >= 4 is 28.4 Å². The molecule has 0 amide bonds. The fraction of sp³-hybridized carbons (Fsp3) is 0.222. The van der Waals surface area contributed by atoms with Crippen LogP contribution in [0.15, 0.2) is 48.5 Å². The molecule has 24 heavy (non-hydrogen) atoms. The van der Waals surface area contributed by atoms with Crippen LogP contribution in [0, 0.1) is 5.82 Å². The molecule has 0 bridgehead atoms. The second kappa shape index (κ2) is 7.40. The molecule has 0 spiro atoms. The minimum absolute atomic E-state index is 0.229. The molecule has 2 aromatic carbocycles. The molecule has 0 saturated carbocycles. The van der Waals surface area contributed by atoms with Crippen LogP contribution in [0.3, 0.4) is 0 Å². The number of nitrogens with zero attached hydrogens (tertiary/aromatic N) is 2. The zero-order chi connectivity index (χ0) is 16.9. The Bertz CT molecular complexity index is 795. The maximum absolute atomic E-state index is 12.9.